The maximum atomic E-state index is 10.7. The van der Waals surface area contributed by atoms with Crippen LogP contribution in [-0.2, 0) is 0 Å². The highest BCUT2D eigenvalue weighted by molar-refractivity contribution is 6.30. The van der Waals surface area contributed by atoms with E-state index >= 15 is 0 Å². The fourth-order valence-corrected chi connectivity index (χ4v) is 1.78. The van der Waals surface area contributed by atoms with Crippen molar-refractivity contribution in [2.45, 2.75) is 18.6 Å². The summed E-state index contributed by atoms with van der Waals surface area (Å²) in [4.78, 5) is 13.6. The van der Waals surface area contributed by atoms with E-state index < -0.39 is 22.8 Å². The molecule has 2 unspecified atom stereocenters. The van der Waals surface area contributed by atoms with Crippen molar-refractivity contribution >= 4 is 23.1 Å². The van der Waals surface area contributed by atoms with Gasteiger partial charge in [0, 0.05) is 11.6 Å². The Morgan fingerprint density at radius 3 is 2.79 bits per heavy atom. The summed E-state index contributed by atoms with van der Waals surface area (Å²) in [6, 6.07) is 1.03. The van der Waals surface area contributed by atoms with E-state index in [1.54, 1.807) is 7.05 Å². The van der Waals surface area contributed by atoms with E-state index in [1.165, 1.54) is 0 Å². The molecule has 0 aliphatic heterocycles. The van der Waals surface area contributed by atoms with Crippen LogP contribution in [0.1, 0.15) is 18.1 Å². The molecule has 2 atom stereocenters. The monoisotopic (exact) mass is 290 g/mol. The summed E-state index contributed by atoms with van der Waals surface area (Å²) in [5.74, 6) is -0.337. The molecule has 0 saturated heterocycles. The smallest absolute Gasteiger partial charge is 0.311 e. The Hall–Kier alpha value is -1.48. The minimum atomic E-state index is -1.37. The highest BCUT2D eigenvalue weighted by Crippen LogP contribution is 2.31. The van der Waals surface area contributed by atoms with Gasteiger partial charge in [-0.3, -0.25) is 10.1 Å². The molecule has 0 aliphatic carbocycles. The van der Waals surface area contributed by atoms with E-state index in [0.717, 1.165) is 6.07 Å². The van der Waals surface area contributed by atoms with Crippen molar-refractivity contribution in [1.29, 1.82) is 0 Å². The molecule has 1 rings (SSSR count). The zero-order chi connectivity index (χ0) is 14.6. The van der Waals surface area contributed by atoms with Crippen LogP contribution in [0.2, 0.25) is 5.15 Å². The zero-order valence-electron chi connectivity index (χ0n) is 10.2. The summed E-state index contributed by atoms with van der Waals surface area (Å²) in [7, 11) is 1.70. The Labute approximate surface area is 114 Å². The van der Waals surface area contributed by atoms with E-state index in [0.29, 0.717) is 6.54 Å². The van der Waals surface area contributed by atoms with Crippen LogP contribution in [0.4, 0.5) is 11.5 Å². The number of aliphatic hydroxyl groups excluding tert-OH is 2. The van der Waals surface area contributed by atoms with Gasteiger partial charge in [0.05, 0.1) is 11.0 Å². The second kappa shape index (κ2) is 6.62. The Bertz CT molecular complexity index is 471. The number of aromatic nitrogens is 1. The third kappa shape index (κ3) is 3.74. The Morgan fingerprint density at radius 2 is 2.26 bits per heavy atom. The van der Waals surface area contributed by atoms with Crippen molar-refractivity contribution in [3.63, 3.8) is 0 Å². The first kappa shape index (κ1) is 15.6. The second-order valence-electron chi connectivity index (χ2n) is 3.93. The lowest BCUT2D eigenvalue weighted by Gasteiger charge is -2.18. The van der Waals surface area contributed by atoms with E-state index in [2.05, 4.69) is 10.3 Å². The van der Waals surface area contributed by atoms with Crippen molar-refractivity contribution < 1.29 is 15.1 Å². The quantitative estimate of drug-likeness (QED) is 0.334. The highest BCUT2D eigenvalue weighted by atomic mass is 35.5. The highest BCUT2D eigenvalue weighted by Gasteiger charge is 2.25. The molecule has 19 heavy (non-hydrogen) atoms. The third-order valence-electron chi connectivity index (χ3n) is 2.58. The van der Waals surface area contributed by atoms with Gasteiger partial charge in [-0.15, -0.1) is 0 Å². The molecular weight excluding hydrogens is 276 g/mol. The number of nitrogens with one attached hydrogen (secondary N) is 1. The van der Waals surface area contributed by atoms with Crippen LogP contribution >= 0.6 is 11.6 Å². The van der Waals surface area contributed by atoms with Gasteiger partial charge >= 0.3 is 5.69 Å². The van der Waals surface area contributed by atoms with Crippen molar-refractivity contribution in [2.24, 2.45) is 0 Å². The maximum Gasteiger partial charge on any atom is 0.311 e. The SMILES string of the molecule is CNCCC(O)C(O)c1cc([N+](=O)[O-])c(N)nc1Cl. The normalized spacial score (nSPS) is 14.1. The van der Waals surface area contributed by atoms with Crippen LogP contribution in [0.25, 0.3) is 0 Å². The van der Waals surface area contributed by atoms with Crippen LogP contribution in [0, 0.1) is 10.1 Å². The van der Waals surface area contributed by atoms with Gasteiger partial charge in [-0.05, 0) is 20.0 Å². The lowest BCUT2D eigenvalue weighted by atomic mass is 10.0. The van der Waals surface area contributed by atoms with Crippen molar-refractivity contribution in [1.82, 2.24) is 10.3 Å². The molecular formula is C10H15ClN4O4. The molecule has 0 aliphatic rings. The van der Waals surface area contributed by atoms with Gasteiger partial charge in [0.2, 0.25) is 5.82 Å². The van der Waals surface area contributed by atoms with Gasteiger partial charge in [0.1, 0.15) is 11.3 Å². The number of aliphatic hydroxyl groups is 2. The van der Waals surface area contributed by atoms with E-state index in [9.17, 15) is 20.3 Å². The number of anilines is 1. The average molecular weight is 291 g/mol. The Balaban J connectivity index is 3.05. The van der Waals surface area contributed by atoms with Crippen LogP contribution in [0.3, 0.4) is 0 Å². The molecule has 106 valence electrons. The minimum Gasteiger partial charge on any atom is -0.390 e. The van der Waals surface area contributed by atoms with Crippen molar-refractivity contribution in [3.8, 4) is 0 Å². The predicted molar refractivity (Wildman–Crippen MR) is 69.8 cm³/mol. The number of halogens is 1. The molecule has 9 heteroatoms. The summed E-state index contributed by atoms with van der Waals surface area (Å²) in [5, 5.41) is 33.1. The van der Waals surface area contributed by atoms with Gasteiger partial charge in [-0.25, -0.2) is 4.98 Å². The van der Waals surface area contributed by atoms with E-state index in [4.69, 9.17) is 17.3 Å². The maximum absolute atomic E-state index is 10.7. The molecule has 0 amide bonds. The lowest BCUT2D eigenvalue weighted by Crippen LogP contribution is -2.24. The molecule has 8 nitrogen and oxygen atoms in total. The summed E-state index contributed by atoms with van der Waals surface area (Å²) in [6.45, 7) is 0.473. The first-order chi connectivity index (χ1) is 8.88. The first-order valence-electron chi connectivity index (χ1n) is 5.49. The number of nitrogens with two attached hydrogens (primary N) is 1. The van der Waals surface area contributed by atoms with Crippen LogP contribution < -0.4 is 11.1 Å². The first-order valence-corrected chi connectivity index (χ1v) is 5.87. The molecule has 5 N–H and O–H groups in total. The van der Waals surface area contributed by atoms with Crippen LogP contribution in [0.5, 0.6) is 0 Å². The van der Waals surface area contributed by atoms with Gasteiger partial charge in [-0.2, -0.15) is 0 Å². The van der Waals surface area contributed by atoms with Crippen molar-refractivity contribution in [3.05, 3.63) is 26.9 Å². The summed E-state index contributed by atoms with van der Waals surface area (Å²) >= 11 is 5.78. The van der Waals surface area contributed by atoms with E-state index in [-0.39, 0.29) is 23.0 Å². The van der Waals surface area contributed by atoms with E-state index in [1.807, 2.05) is 0 Å². The summed E-state index contributed by atoms with van der Waals surface area (Å²) in [5.41, 5.74) is 4.88. The predicted octanol–water partition coefficient (Wildman–Crippen LogP) is 0.229. The van der Waals surface area contributed by atoms with Crippen LogP contribution in [-0.4, -0.2) is 39.8 Å². The fraction of sp³-hybridized carbons (Fsp3) is 0.500. The molecule has 0 saturated carbocycles. The zero-order valence-corrected chi connectivity index (χ0v) is 11.0. The summed E-state index contributed by atoms with van der Waals surface area (Å²) in [6.07, 6.45) is -2.23. The standard InChI is InChI=1S/C10H15ClN4O4/c1-13-3-2-7(16)8(17)5-4-6(15(18)19)10(12)14-9(5)11/h4,7-8,13,16-17H,2-3H2,1H3,(H2,12,14). The molecule has 1 heterocycles. The lowest BCUT2D eigenvalue weighted by molar-refractivity contribution is -0.384. The second-order valence-corrected chi connectivity index (χ2v) is 4.29. The molecule has 0 fully saturated rings. The number of rotatable bonds is 6. The molecule has 1 aromatic rings. The Kier molecular flexibility index (Phi) is 5.43. The minimum absolute atomic E-state index is 0.0221. The molecule has 1 aromatic heterocycles. The van der Waals surface area contributed by atoms with Crippen LogP contribution in [0.15, 0.2) is 6.07 Å². The Morgan fingerprint density at radius 1 is 1.63 bits per heavy atom. The number of hydrogen-bond acceptors (Lipinski definition) is 7. The number of nitrogen functional groups attached to an aromatic ring is 1. The molecule has 0 spiro atoms. The number of pyridine rings is 1. The van der Waals surface area contributed by atoms with Gasteiger partial charge in [-0.1, -0.05) is 11.6 Å². The average Bonchev–Trinajstić information content (AvgIpc) is 2.34. The number of nitrogens with zero attached hydrogens (tertiary/aromatic N) is 2. The van der Waals surface area contributed by atoms with Gasteiger partial charge in [0.25, 0.3) is 0 Å². The molecule has 0 bridgehead atoms. The summed E-state index contributed by atoms with van der Waals surface area (Å²) < 4.78 is 0. The molecule has 0 radical (unpaired) electrons. The third-order valence-corrected chi connectivity index (χ3v) is 2.88. The van der Waals surface area contributed by atoms with Gasteiger partial charge < -0.3 is 21.3 Å². The fourth-order valence-electron chi connectivity index (χ4n) is 1.52. The number of nitro groups is 1. The number of hydrogen-bond donors (Lipinski definition) is 4. The van der Waals surface area contributed by atoms with Gasteiger partial charge in [0.15, 0.2) is 0 Å². The largest absolute Gasteiger partial charge is 0.390 e. The van der Waals surface area contributed by atoms with Crippen molar-refractivity contribution in [2.75, 3.05) is 19.3 Å². The topological polar surface area (TPSA) is 135 Å². The molecule has 0 aromatic carbocycles.